The number of likely N-dealkylation sites (tertiary alicyclic amines) is 2. The molecule has 1 aliphatic carbocycles. The second kappa shape index (κ2) is 8.85. The van der Waals surface area contributed by atoms with E-state index in [1.807, 2.05) is 11.0 Å². The summed E-state index contributed by atoms with van der Waals surface area (Å²) in [7, 11) is 0. The predicted octanol–water partition coefficient (Wildman–Crippen LogP) is 3.63. The van der Waals surface area contributed by atoms with Crippen molar-refractivity contribution in [3.05, 3.63) is 46.0 Å². The molecule has 0 radical (unpaired) electrons. The van der Waals surface area contributed by atoms with E-state index in [1.54, 1.807) is 10.6 Å². The monoisotopic (exact) mass is 437 g/mol. The van der Waals surface area contributed by atoms with Gasteiger partial charge in [-0.1, -0.05) is 12.2 Å². The number of hydrogen-bond acceptors (Lipinski definition) is 4. The predicted molar refractivity (Wildman–Crippen MR) is 125 cm³/mol. The number of hydrogen-bond donors (Lipinski definition) is 1. The van der Waals surface area contributed by atoms with Gasteiger partial charge in [0.25, 0.3) is 5.56 Å². The molecule has 1 N–H and O–H groups in total. The number of amides is 1. The van der Waals surface area contributed by atoms with Crippen molar-refractivity contribution < 1.29 is 4.79 Å². The lowest BCUT2D eigenvalue weighted by atomic mass is 9.92. The molecule has 2 aromatic heterocycles. The van der Waals surface area contributed by atoms with Gasteiger partial charge in [0.05, 0.1) is 17.4 Å². The first-order valence-corrected chi connectivity index (χ1v) is 12.3. The fourth-order valence-electron chi connectivity index (χ4n) is 5.72. The molecule has 0 unspecified atom stereocenters. The highest BCUT2D eigenvalue weighted by Crippen LogP contribution is 2.34. The van der Waals surface area contributed by atoms with E-state index in [0.29, 0.717) is 29.9 Å². The molecule has 7 heteroatoms. The number of aromatic nitrogens is 3. The van der Waals surface area contributed by atoms with Gasteiger partial charge in [-0.05, 0) is 71.4 Å². The number of nitrogens with zero attached hydrogens (tertiary/aromatic N) is 4. The largest absolute Gasteiger partial charge is 0.334 e. The van der Waals surface area contributed by atoms with E-state index in [0.717, 1.165) is 69.5 Å². The number of allylic oxidation sites excluding steroid dienone is 2. The molecule has 2 fully saturated rings. The van der Waals surface area contributed by atoms with Crippen molar-refractivity contribution in [1.29, 1.82) is 0 Å². The molecule has 32 heavy (non-hydrogen) atoms. The van der Waals surface area contributed by atoms with Crippen LogP contribution in [0.15, 0.2) is 29.1 Å². The Labute approximate surface area is 189 Å². The summed E-state index contributed by atoms with van der Waals surface area (Å²) in [6, 6.07) is 4.25. The van der Waals surface area contributed by atoms with Crippen LogP contribution in [0, 0.1) is 5.92 Å². The molecule has 5 rings (SSSR count). The lowest BCUT2D eigenvalue weighted by molar-refractivity contribution is -0.132. The Balaban J connectivity index is 1.35. The summed E-state index contributed by atoms with van der Waals surface area (Å²) in [6.07, 6.45) is 11.1. The van der Waals surface area contributed by atoms with Crippen LogP contribution in [0.25, 0.3) is 5.65 Å². The second-order valence-corrected chi connectivity index (χ2v) is 10.0. The zero-order chi connectivity index (χ0) is 22.2. The number of carbonyl (C=O) groups excluding carboxylic acids is 1. The molecule has 2 atom stereocenters. The van der Waals surface area contributed by atoms with Crippen molar-refractivity contribution in [2.24, 2.45) is 5.92 Å². The van der Waals surface area contributed by atoms with Gasteiger partial charge in [0, 0.05) is 37.1 Å². The minimum absolute atomic E-state index is 0.00622. The third kappa shape index (κ3) is 4.15. The Bertz CT molecular complexity index is 1060. The molecule has 0 aromatic carbocycles. The van der Waals surface area contributed by atoms with Crippen LogP contribution in [0.1, 0.15) is 82.1 Å². The fraction of sp³-hybridized carbons (Fsp3) is 0.640. The number of piperidine rings is 1. The molecular formula is C25H35N5O2. The van der Waals surface area contributed by atoms with Crippen molar-refractivity contribution in [3.8, 4) is 0 Å². The van der Waals surface area contributed by atoms with Gasteiger partial charge in [0.1, 0.15) is 0 Å². The zero-order valence-electron chi connectivity index (χ0n) is 19.3. The Morgan fingerprint density at radius 3 is 2.69 bits per heavy atom. The molecule has 0 saturated carbocycles. The van der Waals surface area contributed by atoms with Crippen molar-refractivity contribution in [2.75, 3.05) is 19.6 Å². The quantitative estimate of drug-likeness (QED) is 0.725. The smallest absolute Gasteiger partial charge is 0.272 e. The highest BCUT2D eigenvalue weighted by atomic mass is 16.2. The third-order valence-electron chi connectivity index (χ3n) is 7.65. The van der Waals surface area contributed by atoms with E-state index in [1.165, 1.54) is 0 Å². The van der Waals surface area contributed by atoms with Gasteiger partial charge in [-0.2, -0.15) is 0 Å². The van der Waals surface area contributed by atoms with E-state index in [2.05, 4.69) is 36.0 Å². The van der Waals surface area contributed by atoms with Crippen LogP contribution in [-0.2, 0) is 4.79 Å². The van der Waals surface area contributed by atoms with Crippen molar-refractivity contribution in [2.45, 2.75) is 76.8 Å². The summed E-state index contributed by atoms with van der Waals surface area (Å²) in [5.41, 5.74) is 2.45. The maximum atomic E-state index is 13.0. The SMILES string of the molecule is CC(C)N1CCC(c2cc(=O)n3[nH]c([C@@H]4CCCN4C(=O)C[C@@H]4C=CCC4)cc3n2)CC1. The molecule has 1 amide bonds. The summed E-state index contributed by atoms with van der Waals surface area (Å²) in [6.45, 7) is 7.37. The Morgan fingerprint density at radius 1 is 1.16 bits per heavy atom. The minimum atomic E-state index is -0.0606. The first kappa shape index (κ1) is 21.4. The van der Waals surface area contributed by atoms with Gasteiger partial charge in [-0.25, -0.2) is 9.50 Å². The van der Waals surface area contributed by atoms with Gasteiger partial charge >= 0.3 is 0 Å². The molecule has 0 bridgehead atoms. The average molecular weight is 438 g/mol. The van der Waals surface area contributed by atoms with Crippen LogP contribution in [0.4, 0.5) is 0 Å². The van der Waals surface area contributed by atoms with Crippen molar-refractivity contribution in [3.63, 3.8) is 0 Å². The lowest BCUT2D eigenvalue weighted by Crippen LogP contribution is -2.38. The molecular weight excluding hydrogens is 402 g/mol. The van der Waals surface area contributed by atoms with Crippen LogP contribution in [-0.4, -0.2) is 56.0 Å². The second-order valence-electron chi connectivity index (χ2n) is 10.0. The summed E-state index contributed by atoms with van der Waals surface area (Å²) in [5.74, 6) is 0.936. The Hall–Kier alpha value is -2.41. The average Bonchev–Trinajstić information content (AvgIpc) is 3.53. The van der Waals surface area contributed by atoms with Gasteiger partial charge in [0.2, 0.25) is 5.91 Å². The number of H-pyrrole nitrogens is 1. The molecule has 4 heterocycles. The van der Waals surface area contributed by atoms with Crippen LogP contribution in [0.2, 0.25) is 0 Å². The highest BCUT2D eigenvalue weighted by Gasteiger charge is 2.32. The van der Waals surface area contributed by atoms with Crippen LogP contribution >= 0.6 is 0 Å². The molecule has 2 aliphatic heterocycles. The molecule has 2 saturated heterocycles. The highest BCUT2D eigenvalue weighted by molar-refractivity contribution is 5.77. The van der Waals surface area contributed by atoms with E-state index in [9.17, 15) is 9.59 Å². The van der Waals surface area contributed by atoms with Gasteiger partial charge in [0.15, 0.2) is 5.65 Å². The molecule has 2 aromatic rings. The van der Waals surface area contributed by atoms with E-state index in [-0.39, 0.29) is 17.5 Å². The van der Waals surface area contributed by atoms with Crippen LogP contribution < -0.4 is 5.56 Å². The molecule has 0 spiro atoms. The van der Waals surface area contributed by atoms with Gasteiger partial charge < -0.3 is 9.80 Å². The fourth-order valence-corrected chi connectivity index (χ4v) is 5.72. The summed E-state index contributed by atoms with van der Waals surface area (Å²) < 4.78 is 1.54. The molecule has 3 aliphatic rings. The van der Waals surface area contributed by atoms with Crippen molar-refractivity contribution in [1.82, 2.24) is 24.4 Å². The summed E-state index contributed by atoms with van der Waals surface area (Å²) in [5, 5.41) is 3.26. The van der Waals surface area contributed by atoms with E-state index >= 15 is 0 Å². The number of rotatable bonds is 5. The topological polar surface area (TPSA) is 73.7 Å². The lowest BCUT2D eigenvalue weighted by Gasteiger charge is -2.34. The normalized spacial score (nSPS) is 24.9. The van der Waals surface area contributed by atoms with Gasteiger partial charge in [-0.3, -0.25) is 14.7 Å². The minimum Gasteiger partial charge on any atom is -0.334 e. The standard InChI is InChI=1S/C25H35N5O2/c1-17(2)28-12-9-19(10-13-28)20-16-25(32)30-23(26-20)15-21(27-30)22-8-5-11-29(22)24(31)14-18-6-3-4-7-18/h3,6,15-19,22,27H,4-5,7-14H2,1-2H3/t18-,22+/m1/s1. The first-order chi connectivity index (χ1) is 15.5. The summed E-state index contributed by atoms with van der Waals surface area (Å²) >= 11 is 0. The Morgan fingerprint density at radius 2 is 1.97 bits per heavy atom. The zero-order valence-corrected chi connectivity index (χ0v) is 19.3. The van der Waals surface area contributed by atoms with Crippen LogP contribution in [0.5, 0.6) is 0 Å². The Kier molecular flexibility index (Phi) is 5.93. The molecule has 7 nitrogen and oxygen atoms in total. The number of nitrogens with one attached hydrogen (secondary N) is 1. The number of aromatic amines is 1. The van der Waals surface area contributed by atoms with Crippen LogP contribution in [0.3, 0.4) is 0 Å². The summed E-state index contributed by atoms with van der Waals surface area (Å²) in [4.78, 5) is 35.2. The maximum Gasteiger partial charge on any atom is 0.272 e. The van der Waals surface area contributed by atoms with E-state index < -0.39 is 0 Å². The third-order valence-corrected chi connectivity index (χ3v) is 7.65. The first-order valence-electron chi connectivity index (χ1n) is 12.3. The van der Waals surface area contributed by atoms with Gasteiger partial charge in [-0.15, -0.1) is 0 Å². The number of carbonyl (C=O) groups is 1. The number of fused-ring (bicyclic) bond motifs is 1. The maximum absolute atomic E-state index is 13.0. The molecule has 172 valence electrons. The van der Waals surface area contributed by atoms with Crippen molar-refractivity contribution >= 4 is 11.6 Å². The van der Waals surface area contributed by atoms with E-state index in [4.69, 9.17) is 4.98 Å².